The van der Waals surface area contributed by atoms with Crippen LogP contribution in [0, 0.1) is 11.3 Å². The number of nitriles is 1. The van der Waals surface area contributed by atoms with Gasteiger partial charge in [-0.05, 0) is 33.6 Å². The van der Waals surface area contributed by atoms with Crippen molar-refractivity contribution in [3.05, 3.63) is 16.6 Å². The molecule has 1 aliphatic carbocycles. The van der Waals surface area contributed by atoms with Crippen molar-refractivity contribution in [3.63, 3.8) is 0 Å². The predicted molar refractivity (Wildman–Crippen MR) is 94.5 cm³/mol. The lowest BCUT2D eigenvalue weighted by molar-refractivity contribution is 0.203. The lowest BCUT2D eigenvalue weighted by Gasteiger charge is -2.38. The minimum atomic E-state index is -0.264. The van der Waals surface area contributed by atoms with Gasteiger partial charge in [0.2, 0.25) is 5.95 Å². The summed E-state index contributed by atoms with van der Waals surface area (Å²) < 4.78 is 1.78. The number of piperazine rings is 1. The topological polar surface area (TPSA) is 93.8 Å². The van der Waals surface area contributed by atoms with Gasteiger partial charge in [0.1, 0.15) is 11.4 Å². The van der Waals surface area contributed by atoms with Crippen LogP contribution in [0.3, 0.4) is 0 Å². The van der Waals surface area contributed by atoms with Crippen LogP contribution in [0.5, 0.6) is 0 Å². The maximum Gasteiger partial charge on any atom is 0.263 e. The van der Waals surface area contributed by atoms with Crippen molar-refractivity contribution in [1.82, 2.24) is 24.6 Å². The molecule has 3 heterocycles. The average molecular weight is 341 g/mol. The fourth-order valence-corrected chi connectivity index (χ4v) is 3.50. The molecule has 0 spiro atoms. The summed E-state index contributed by atoms with van der Waals surface area (Å²) in [5.74, 6) is 0.527. The molecule has 2 aromatic heterocycles. The molecule has 8 nitrogen and oxygen atoms in total. The summed E-state index contributed by atoms with van der Waals surface area (Å²) in [6.07, 6.45) is 3.94. The summed E-state index contributed by atoms with van der Waals surface area (Å²) in [4.78, 5) is 24.3. The second-order valence-corrected chi connectivity index (χ2v) is 7.91. The van der Waals surface area contributed by atoms with Gasteiger partial charge in [-0.3, -0.25) is 14.7 Å². The number of nitrogens with zero attached hydrogens (tertiary/aromatic N) is 6. The number of rotatable bonds is 2. The lowest BCUT2D eigenvalue weighted by atomic mass is 10.1. The third kappa shape index (κ3) is 2.78. The molecule has 1 N–H and O–H groups in total. The normalized spacial score (nSPS) is 22.3. The maximum atomic E-state index is 12.5. The molecule has 1 saturated carbocycles. The Morgan fingerprint density at radius 1 is 1.32 bits per heavy atom. The van der Waals surface area contributed by atoms with E-state index in [1.807, 2.05) is 25.7 Å². The maximum absolute atomic E-state index is 12.5. The van der Waals surface area contributed by atoms with Gasteiger partial charge in [0.05, 0.1) is 17.8 Å². The van der Waals surface area contributed by atoms with Crippen LogP contribution < -0.4 is 10.5 Å². The van der Waals surface area contributed by atoms with Crippen LogP contribution in [-0.2, 0) is 5.54 Å². The van der Waals surface area contributed by atoms with Crippen molar-refractivity contribution in [2.24, 2.45) is 0 Å². The molecule has 0 amide bonds. The zero-order chi connectivity index (χ0) is 17.8. The van der Waals surface area contributed by atoms with Crippen LogP contribution in [0.2, 0.25) is 0 Å². The summed E-state index contributed by atoms with van der Waals surface area (Å²) >= 11 is 0. The number of hydrogen-bond donors (Lipinski definition) is 1. The van der Waals surface area contributed by atoms with Gasteiger partial charge in [-0.15, -0.1) is 0 Å². The highest BCUT2D eigenvalue weighted by Crippen LogP contribution is 2.30. The van der Waals surface area contributed by atoms with Gasteiger partial charge in [-0.1, -0.05) is 0 Å². The third-order valence-corrected chi connectivity index (χ3v) is 4.95. The summed E-state index contributed by atoms with van der Waals surface area (Å²) in [6, 6.07) is 2.81. The molecule has 25 heavy (non-hydrogen) atoms. The van der Waals surface area contributed by atoms with Gasteiger partial charge in [0, 0.05) is 25.7 Å². The van der Waals surface area contributed by atoms with E-state index in [4.69, 9.17) is 0 Å². The van der Waals surface area contributed by atoms with E-state index in [1.165, 1.54) is 12.8 Å². The fourth-order valence-electron chi connectivity index (χ4n) is 3.50. The molecule has 8 heteroatoms. The van der Waals surface area contributed by atoms with Crippen molar-refractivity contribution in [3.8, 4) is 6.07 Å². The van der Waals surface area contributed by atoms with E-state index in [-0.39, 0.29) is 17.1 Å². The molecule has 2 aliphatic rings. The Bertz CT molecular complexity index is 896. The summed E-state index contributed by atoms with van der Waals surface area (Å²) in [5.41, 5.74) is 0.137. The van der Waals surface area contributed by atoms with E-state index in [0.717, 1.165) is 13.1 Å². The monoisotopic (exact) mass is 341 g/mol. The minimum absolute atomic E-state index is 0.158. The second-order valence-electron chi connectivity index (χ2n) is 7.91. The van der Waals surface area contributed by atoms with Crippen LogP contribution >= 0.6 is 0 Å². The molecule has 0 radical (unpaired) electrons. The van der Waals surface area contributed by atoms with Crippen molar-refractivity contribution in [2.45, 2.75) is 51.2 Å². The second kappa shape index (κ2) is 5.56. The molecular formula is C17H23N7O. The number of aromatic amines is 1. The van der Waals surface area contributed by atoms with E-state index in [1.54, 1.807) is 10.9 Å². The van der Waals surface area contributed by atoms with Crippen LogP contribution in [0.1, 0.15) is 33.6 Å². The number of fused-ring (bicyclic) bond motifs is 1. The largest absolute Gasteiger partial charge is 0.338 e. The number of anilines is 1. The highest BCUT2D eigenvalue weighted by molar-refractivity contribution is 5.74. The minimum Gasteiger partial charge on any atom is -0.338 e. The number of aromatic nitrogens is 4. The van der Waals surface area contributed by atoms with Crippen LogP contribution in [0.25, 0.3) is 11.0 Å². The molecular weight excluding hydrogens is 318 g/mol. The molecule has 0 bridgehead atoms. The van der Waals surface area contributed by atoms with Crippen LogP contribution in [0.15, 0.2) is 11.0 Å². The quantitative estimate of drug-likeness (QED) is 0.877. The predicted octanol–water partition coefficient (Wildman–Crippen LogP) is 1.05. The zero-order valence-electron chi connectivity index (χ0n) is 14.9. The lowest BCUT2D eigenvalue weighted by Crippen LogP contribution is -2.54. The standard InChI is InChI=1S/C17H23N7O/c1-17(2,3)24-14-13(9-19-24)15(25)21-16(20-14)22-6-7-23(11-4-5-11)12(8-18)10-22/h9,11-12H,4-7,10H2,1-3H3,(H,20,21,25). The Morgan fingerprint density at radius 3 is 2.72 bits per heavy atom. The summed E-state index contributed by atoms with van der Waals surface area (Å²) in [6.45, 7) is 8.23. The first-order valence-electron chi connectivity index (χ1n) is 8.77. The van der Waals surface area contributed by atoms with E-state index in [9.17, 15) is 10.1 Å². The number of hydrogen-bond acceptors (Lipinski definition) is 6. The molecule has 132 valence electrons. The van der Waals surface area contributed by atoms with Gasteiger partial charge < -0.3 is 4.90 Å². The molecule has 1 atom stereocenters. The van der Waals surface area contributed by atoms with Gasteiger partial charge in [-0.2, -0.15) is 15.3 Å². The summed E-state index contributed by atoms with van der Waals surface area (Å²) in [7, 11) is 0. The Balaban J connectivity index is 1.70. The molecule has 1 aliphatic heterocycles. The van der Waals surface area contributed by atoms with Crippen molar-refractivity contribution >= 4 is 17.0 Å². The van der Waals surface area contributed by atoms with Gasteiger partial charge in [0.15, 0.2) is 5.65 Å². The molecule has 1 saturated heterocycles. The number of nitrogens with one attached hydrogen (secondary N) is 1. The van der Waals surface area contributed by atoms with E-state index >= 15 is 0 Å². The Hall–Kier alpha value is -2.40. The van der Waals surface area contributed by atoms with Gasteiger partial charge in [0.25, 0.3) is 5.56 Å². The third-order valence-electron chi connectivity index (χ3n) is 4.95. The summed E-state index contributed by atoms with van der Waals surface area (Å²) in [5, 5.41) is 14.4. The SMILES string of the molecule is CC(C)(C)n1ncc2c(=O)[nH]c(N3CCN(C4CC4)C(C#N)C3)nc21. The van der Waals surface area contributed by atoms with E-state index < -0.39 is 0 Å². The molecule has 1 unspecified atom stereocenters. The van der Waals surface area contributed by atoms with Gasteiger partial charge >= 0.3 is 0 Å². The van der Waals surface area contributed by atoms with Crippen molar-refractivity contribution in [2.75, 3.05) is 24.5 Å². The Labute approximate surface area is 146 Å². The van der Waals surface area contributed by atoms with Crippen LogP contribution in [-0.4, -0.2) is 56.4 Å². The Kier molecular flexibility index (Phi) is 3.58. The molecule has 4 rings (SSSR count). The van der Waals surface area contributed by atoms with Crippen molar-refractivity contribution < 1.29 is 0 Å². The highest BCUT2D eigenvalue weighted by Gasteiger charge is 2.38. The van der Waals surface area contributed by atoms with Crippen molar-refractivity contribution in [1.29, 1.82) is 5.26 Å². The van der Waals surface area contributed by atoms with E-state index in [2.05, 4.69) is 26.0 Å². The first kappa shape index (κ1) is 16.1. The zero-order valence-corrected chi connectivity index (χ0v) is 14.9. The smallest absolute Gasteiger partial charge is 0.263 e. The number of H-pyrrole nitrogens is 1. The average Bonchev–Trinajstić information content (AvgIpc) is 3.31. The van der Waals surface area contributed by atoms with Gasteiger partial charge in [-0.25, -0.2) is 4.68 Å². The fraction of sp³-hybridized carbons (Fsp3) is 0.647. The van der Waals surface area contributed by atoms with E-state index in [0.29, 0.717) is 29.6 Å². The Morgan fingerprint density at radius 2 is 2.08 bits per heavy atom. The first-order valence-corrected chi connectivity index (χ1v) is 8.77. The molecule has 2 fully saturated rings. The first-order chi connectivity index (χ1) is 11.9. The highest BCUT2D eigenvalue weighted by atomic mass is 16.1. The molecule has 0 aromatic carbocycles. The van der Waals surface area contributed by atoms with Crippen LogP contribution in [0.4, 0.5) is 5.95 Å². The molecule has 2 aromatic rings.